The summed E-state index contributed by atoms with van der Waals surface area (Å²) in [6, 6.07) is 0. The van der Waals surface area contributed by atoms with E-state index in [0.29, 0.717) is 13.0 Å². The Morgan fingerprint density at radius 2 is 1.08 bits per heavy atom. The highest BCUT2D eigenvalue weighted by Crippen LogP contribution is 2.26. The second kappa shape index (κ2) is 42.2. The lowest BCUT2D eigenvalue weighted by Gasteiger charge is -2.41. The van der Waals surface area contributed by atoms with Gasteiger partial charge in [0.25, 0.3) is 0 Å². The third-order valence-electron chi connectivity index (χ3n) is 11.2. The van der Waals surface area contributed by atoms with Crippen molar-refractivity contribution in [2.45, 2.75) is 230 Å². The third kappa shape index (κ3) is 35.1. The van der Waals surface area contributed by atoms with E-state index in [1.165, 1.54) is 89.9 Å². The van der Waals surface area contributed by atoms with Gasteiger partial charge >= 0.3 is 16.4 Å². The molecule has 0 aliphatic carbocycles. The second-order valence-electron chi connectivity index (χ2n) is 17.0. The van der Waals surface area contributed by atoms with Crippen LogP contribution in [0.2, 0.25) is 0 Å². The molecule has 6 unspecified atom stereocenters. The molecule has 0 saturated carbocycles. The summed E-state index contributed by atoms with van der Waals surface area (Å²) in [4.78, 5) is 12.8. The molecule has 0 aromatic carbocycles. The monoisotopic (exact) mass is 927 g/mol. The molecule has 0 bridgehead atoms. The van der Waals surface area contributed by atoms with Gasteiger partial charge in [0.1, 0.15) is 30.5 Å². The number of hydrogen-bond acceptors (Lipinski definition) is 11. The first-order chi connectivity index (χ1) is 31.1. The Kier molecular flexibility index (Phi) is 39.4. The largest absolute Gasteiger partial charge is 0.457 e. The van der Waals surface area contributed by atoms with Crippen molar-refractivity contribution in [3.8, 4) is 0 Å². The lowest BCUT2D eigenvalue weighted by Crippen LogP contribution is -2.60. The number of rotatable bonds is 43. The average Bonchev–Trinajstić information content (AvgIpc) is 3.27. The van der Waals surface area contributed by atoms with E-state index >= 15 is 0 Å². The minimum atomic E-state index is -5.06. The highest BCUT2D eigenvalue weighted by atomic mass is 32.3. The van der Waals surface area contributed by atoms with E-state index in [1.54, 1.807) is 0 Å². The number of unbranched alkanes of at least 4 members (excludes halogenated alkanes) is 20. The zero-order valence-corrected chi connectivity index (χ0v) is 40.6. The van der Waals surface area contributed by atoms with E-state index in [-0.39, 0.29) is 19.6 Å². The van der Waals surface area contributed by atoms with Crippen molar-refractivity contribution in [3.63, 3.8) is 0 Å². The Morgan fingerprint density at radius 3 is 1.58 bits per heavy atom. The first-order valence-corrected chi connectivity index (χ1v) is 26.4. The van der Waals surface area contributed by atoms with E-state index in [9.17, 15) is 28.5 Å². The van der Waals surface area contributed by atoms with Crippen LogP contribution in [0.5, 0.6) is 0 Å². The van der Waals surface area contributed by atoms with Crippen molar-refractivity contribution in [1.82, 2.24) is 0 Å². The molecule has 0 amide bonds. The summed E-state index contributed by atoms with van der Waals surface area (Å²) in [5.74, 6) is -0.403. The summed E-state index contributed by atoms with van der Waals surface area (Å²) >= 11 is 0. The lowest BCUT2D eigenvalue weighted by molar-refractivity contribution is -0.301. The molecule has 64 heavy (non-hydrogen) atoms. The zero-order valence-electron chi connectivity index (χ0n) is 39.8. The fourth-order valence-corrected chi connectivity index (χ4v) is 7.91. The van der Waals surface area contributed by atoms with Crippen LogP contribution in [-0.4, -0.2) is 97.5 Å². The molecule has 13 heteroatoms. The van der Waals surface area contributed by atoms with Crippen molar-refractivity contribution in [2.24, 2.45) is 0 Å². The molecule has 0 spiro atoms. The predicted molar refractivity (Wildman–Crippen MR) is 257 cm³/mol. The van der Waals surface area contributed by atoms with Gasteiger partial charge in [-0.2, -0.15) is 8.42 Å². The van der Waals surface area contributed by atoms with Crippen LogP contribution in [0.25, 0.3) is 0 Å². The Balaban J connectivity index is 2.30. The van der Waals surface area contributed by atoms with Crippen LogP contribution in [-0.2, 0) is 38.3 Å². The number of ether oxygens (including phenoxy) is 4. The standard InChI is InChI=1S/C51H90O12S/c1-3-5-7-9-11-13-15-16-17-18-19-20-21-22-23-24-25-26-27-28-29-31-33-35-37-39-41-59-43-45(61-47(53)40-38-36-34-32-30-14-12-10-8-6-4-2)44-60-51-49(55)50(63-64(56,57)58)48(54)46(42-52)62-51/h5,7,11,13,16-17,19-20,22-23,45-46,48-52,54-55H,3-4,6,8-10,12,14-15,18,21,24-44H2,1-2H3,(H,56,57,58)/b7-5-,13-11-,17-16-,20-19-,23-22-. The Bertz CT molecular complexity index is 1350. The summed E-state index contributed by atoms with van der Waals surface area (Å²) in [5.41, 5.74) is 0. The van der Waals surface area contributed by atoms with Gasteiger partial charge < -0.3 is 34.3 Å². The average molecular weight is 927 g/mol. The molecule has 6 atom stereocenters. The minimum absolute atomic E-state index is 0.0326. The molecule has 1 fully saturated rings. The summed E-state index contributed by atoms with van der Waals surface area (Å²) in [7, 11) is -5.06. The topological polar surface area (TPSA) is 178 Å². The van der Waals surface area contributed by atoms with E-state index in [2.05, 4.69) is 78.8 Å². The number of aliphatic hydroxyl groups is 3. The highest BCUT2D eigenvalue weighted by molar-refractivity contribution is 7.80. The predicted octanol–water partition coefficient (Wildman–Crippen LogP) is 11.3. The van der Waals surface area contributed by atoms with E-state index < -0.39 is 59.8 Å². The first-order valence-electron chi connectivity index (χ1n) is 25.0. The van der Waals surface area contributed by atoms with Gasteiger partial charge in [-0.05, 0) is 57.8 Å². The van der Waals surface area contributed by atoms with Crippen LogP contribution in [0.1, 0.15) is 194 Å². The van der Waals surface area contributed by atoms with Gasteiger partial charge in [-0.15, -0.1) is 0 Å². The van der Waals surface area contributed by atoms with Crippen molar-refractivity contribution in [3.05, 3.63) is 60.8 Å². The number of allylic oxidation sites excluding steroid dienone is 10. The van der Waals surface area contributed by atoms with E-state index in [1.807, 2.05) is 0 Å². The van der Waals surface area contributed by atoms with Gasteiger partial charge in [0.05, 0.1) is 19.8 Å². The maximum absolute atomic E-state index is 12.8. The second-order valence-corrected chi connectivity index (χ2v) is 18.1. The van der Waals surface area contributed by atoms with E-state index in [4.69, 9.17) is 23.5 Å². The fourth-order valence-electron chi connectivity index (χ4n) is 7.41. The van der Waals surface area contributed by atoms with Crippen molar-refractivity contribution in [2.75, 3.05) is 26.4 Å². The van der Waals surface area contributed by atoms with Crippen LogP contribution in [0.15, 0.2) is 60.8 Å². The van der Waals surface area contributed by atoms with Gasteiger partial charge in [0.2, 0.25) is 0 Å². The number of carbonyl (C=O) groups is 1. The van der Waals surface area contributed by atoms with Crippen molar-refractivity contribution < 1.29 is 56.2 Å². The Morgan fingerprint density at radius 1 is 0.609 bits per heavy atom. The van der Waals surface area contributed by atoms with E-state index in [0.717, 1.165) is 77.0 Å². The Hall–Kier alpha value is -2.20. The van der Waals surface area contributed by atoms with Crippen LogP contribution >= 0.6 is 0 Å². The third-order valence-corrected chi connectivity index (χ3v) is 11.6. The molecular weight excluding hydrogens is 837 g/mol. The normalized spacial score (nSPS) is 20.2. The van der Waals surface area contributed by atoms with Crippen molar-refractivity contribution in [1.29, 1.82) is 0 Å². The number of hydrogen-bond donors (Lipinski definition) is 4. The van der Waals surface area contributed by atoms with Crippen LogP contribution in [0, 0.1) is 0 Å². The summed E-state index contributed by atoms with van der Waals surface area (Å²) in [6.45, 7) is 3.86. The fraction of sp³-hybridized carbons (Fsp3) is 0.784. The molecule has 0 radical (unpaired) electrons. The molecule has 0 aromatic rings. The van der Waals surface area contributed by atoms with Crippen LogP contribution in [0.4, 0.5) is 0 Å². The van der Waals surface area contributed by atoms with Gasteiger partial charge in [0.15, 0.2) is 6.29 Å². The maximum Gasteiger partial charge on any atom is 0.397 e. The van der Waals surface area contributed by atoms with Gasteiger partial charge in [0, 0.05) is 13.0 Å². The summed E-state index contributed by atoms with van der Waals surface area (Å²) < 4.78 is 59.1. The van der Waals surface area contributed by atoms with Gasteiger partial charge in [-0.1, -0.05) is 190 Å². The highest BCUT2D eigenvalue weighted by Gasteiger charge is 2.48. The maximum atomic E-state index is 12.8. The number of aliphatic hydroxyl groups excluding tert-OH is 3. The van der Waals surface area contributed by atoms with Crippen LogP contribution in [0.3, 0.4) is 0 Å². The molecule has 0 aromatic heterocycles. The summed E-state index contributed by atoms with van der Waals surface area (Å²) in [6.07, 6.45) is 44.0. The minimum Gasteiger partial charge on any atom is -0.457 e. The quantitative estimate of drug-likeness (QED) is 0.0197. The number of carbonyl (C=O) groups excluding carboxylic acids is 1. The smallest absolute Gasteiger partial charge is 0.397 e. The van der Waals surface area contributed by atoms with Gasteiger partial charge in [-0.25, -0.2) is 4.18 Å². The molecule has 372 valence electrons. The lowest BCUT2D eigenvalue weighted by atomic mass is 9.99. The molecule has 4 N–H and O–H groups in total. The van der Waals surface area contributed by atoms with Crippen LogP contribution < -0.4 is 0 Å². The molecular formula is C51H90O12S. The molecule has 1 aliphatic heterocycles. The molecule has 12 nitrogen and oxygen atoms in total. The Labute approximate surface area is 388 Å². The summed E-state index contributed by atoms with van der Waals surface area (Å²) in [5, 5.41) is 30.7. The molecule has 1 saturated heterocycles. The van der Waals surface area contributed by atoms with Crippen molar-refractivity contribution >= 4 is 16.4 Å². The first kappa shape index (κ1) is 59.8. The zero-order chi connectivity index (χ0) is 46.8. The molecule has 1 rings (SSSR count). The SMILES string of the molecule is CC/C=C\C/C=C\C/C=C\C/C=C\C/C=C\CCCCCCCCCCCCOCC(COC1OC(CO)C(O)C(OS(=O)(=O)O)C1O)OC(=O)CCCCCCCCCCCCC. The molecule has 1 aliphatic rings. The molecule has 1 heterocycles. The number of esters is 1. The van der Waals surface area contributed by atoms with Gasteiger partial charge in [-0.3, -0.25) is 9.35 Å².